The molecule has 0 spiro atoms. The minimum Gasteiger partial charge on any atom is -0.369 e. The van der Waals surface area contributed by atoms with Gasteiger partial charge in [-0.1, -0.05) is 36.4 Å². The third-order valence-electron chi connectivity index (χ3n) is 5.55. The first-order chi connectivity index (χ1) is 14.6. The van der Waals surface area contributed by atoms with E-state index in [0.717, 1.165) is 38.4 Å². The van der Waals surface area contributed by atoms with Crippen LogP contribution in [0.25, 0.3) is 0 Å². The van der Waals surface area contributed by atoms with Gasteiger partial charge in [-0.3, -0.25) is 9.69 Å². The molecule has 0 aliphatic carbocycles. The summed E-state index contributed by atoms with van der Waals surface area (Å²) in [4.78, 5) is 17.2. The van der Waals surface area contributed by atoms with Crippen LogP contribution >= 0.6 is 0 Å². The highest BCUT2D eigenvalue weighted by Gasteiger charge is 2.17. The van der Waals surface area contributed by atoms with Crippen molar-refractivity contribution in [3.8, 4) is 0 Å². The Labute approximate surface area is 176 Å². The monoisotopic (exact) mass is 403 g/mol. The Morgan fingerprint density at radius 1 is 0.933 bits per heavy atom. The van der Waals surface area contributed by atoms with Crippen LogP contribution in [0.5, 0.6) is 0 Å². The van der Waals surface area contributed by atoms with Crippen LogP contribution < -0.4 is 10.2 Å². The maximum absolute atomic E-state index is 13.7. The van der Waals surface area contributed by atoms with E-state index >= 15 is 0 Å². The molecule has 1 aliphatic heterocycles. The van der Waals surface area contributed by atoms with Gasteiger partial charge in [-0.15, -0.1) is 0 Å². The minimum atomic E-state index is -0.371. The molecule has 154 valence electrons. The third kappa shape index (κ3) is 4.86. The number of hydrogen-bond acceptors (Lipinski definition) is 3. The van der Waals surface area contributed by atoms with E-state index in [1.807, 2.05) is 30.3 Å². The van der Waals surface area contributed by atoms with Gasteiger partial charge in [0.05, 0.1) is 0 Å². The fourth-order valence-electron chi connectivity index (χ4n) is 3.70. The smallest absolute Gasteiger partial charge is 0.255 e. The first-order valence-corrected chi connectivity index (χ1v) is 10.3. The van der Waals surface area contributed by atoms with Gasteiger partial charge in [0.2, 0.25) is 0 Å². The van der Waals surface area contributed by atoms with Crippen molar-refractivity contribution < 1.29 is 9.18 Å². The molecule has 5 heteroatoms. The van der Waals surface area contributed by atoms with Crippen molar-refractivity contribution in [3.05, 3.63) is 95.3 Å². The molecule has 0 saturated carbocycles. The number of amides is 1. The summed E-state index contributed by atoms with van der Waals surface area (Å²) < 4.78 is 13.7. The van der Waals surface area contributed by atoms with Gasteiger partial charge in [0.15, 0.2) is 0 Å². The first-order valence-electron chi connectivity index (χ1n) is 10.3. The second-order valence-electron chi connectivity index (χ2n) is 7.71. The van der Waals surface area contributed by atoms with E-state index in [-0.39, 0.29) is 11.7 Å². The minimum absolute atomic E-state index is 0.309. The fraction of sp³-hybridized carbons (Fsp3) is 0.240. The largest absolute Gasteiger partial charge is 0.369 e. The lowest BCUT2D eigenvalue weighted by Gasteiger charge is -2.36. The van der Waals surface area contributed by atoms with Gasteiger partial charge >= 0.3 is 0 Å². The van der Waals surface area contributed by atoms with Crippen molar-refractivity contribution in [1.29, 1.82) is 0 Å². The molecule has 0 bridgehead atoms. The maximum Gasteiger partial charge on any atom is 0.255 e. The molecule has 1 fully saturated rings. The zero-order chi connectivity index (χ0) is 20.9. The molecule has 1 saturated heterocycles. The first kappa shape index (κ1) is 20.1. The zero-order valence-electron chi connectivity index (χ0n) is 17.1. The quantitative estimate of drug-likeness (QED) is 0.670. The molecule has 1 aliphatic rings. The van der Waals surface area contributed by atoms with Gasteiger partial charge in [-0.25, -0.2) is 4.39 Å². The van der Waals surface area contributed by atoms with Crippen LogP contribution in [0, 0.1) is 12.7 Å². The number of hydrogen-bond donors (Lipinski definition) is 1. The molecule has 30 heavy (non-hydrogen) atoms. The number of rotatable bonds is 5. The molecular weight excluding hydrogens is 377 g/mol. The predicted molar refractivity (Wildman–Crippen MR) is 119 cm³/mol. The highest BCUT2D eigenvalue weighted by molar-refractivity contribution is 6.04. The summed E-state index contributed by atoms with van der Waals surface area (Å²) in [6, 6.07) is 22.9. The number of nitrogens with one attached hydrogen (secondary N) is 1. The molecule has 0 atom stereocenters. The van der Waals surface area contributed by atoms with Crippen molar-refractivity contribution in [2.75, 3.05) is 36.4 Å². The maximum atomic E-state index is 13.7. The average Bonchev–Trinajstić information content (AvgIpc) is 2.77. The Hall–Kier alpha value is -3.18. The standard InChI is InChI=1S/C25H26FN3O/c1-19-7-8-21(17-24(19)26)25(30)27-22-9-11-23(12-10-22)29-15-13-28(14-16-29)18-20-5-3-2-4-6-20/h2-12,17H,13-16,18H2,1H3,(H,27,30). The summed E-state index contributed by atoms with van der Waals surface area (Å²) in [5.41, 5.74) is 4.04. The Balaban J connectivity index is 1.31. The topological polar surface area (TPSA) is 35.6 Å². The summed E-state index contributed by atoms with van der Waals surface area (Å²) in [5, 5.41) is 2.84. The number of piperazine rings is 1. The lowest BCUT2D eigenvalue weighted by molar-refractivity contribution is 0.102. The average molecular weight is 404 g/mol. The van der Waals surface area contributed by atoms with Gasteiger partial charge < -0.3 is 10.2 Å². The Morgan fingerprint density at radius 2 is 1.63 bits per heavy atom. The molecule has 4 nitrogen and oxygen atoms in total. The van der Waals surface area contributed by atoms with Crippen LogP contribution in [0.3, 0.4) is 0 Å². The van der Waals surface area contributed by atoms with Crippen molar-refractivity contribution in [2.45, 2.75) is 13.5 Å². The van der Waals surface area contributed by atoms with Crippen molar-refractivity contribution in [1.82, 2.24) is 4.90 Å². The molecule has 0 radical (unpaired) electrons. The normalized spacial score (nSPS) is 14.5. The highest BCUT2D eigenvalue weighted by atomic mass is 19.1. The van der Waals surface area contributed by atoms with Crippen molar-refractivity contribution in [2.24, 2.45) is 0 Å². The van der Waals surface area contributed by atoms with E-state index in [0.29, 0.717) is 16.8 Å². The number of benzene rings is 3. The lowest BCUT2D eigenvalue weighted by Crippen LogP contribution is -2.45. The molecule has 0 unspecified atom stereocenters. The molecular formula is C25H26FN3O. The van der Waals surface area contributed by atoms with Gasteiger partial charge in [0, 0.05) is 49.7 Å². The summed E-state index contributed by atoms with van der Waals surface area (Å²) in [5.74, 6) is -0.680. The van der Waals surface area contributed by atoms with E-state index in [2.05, 4.69) is 39.4 Å². The van der Waals surface area contributed by atoms with Crippen LogP contribution in [0.4, 0.5) is 15.8 Å². The molecule has 3 aromatic carbocycles. The molecule has 1 amide bonds. The van der Waals surface area contributed by atoms with Gasteiger partial charge in [-0.05, 0) is 54.4 Å². The number of aryl methyl sites for hydroxylation is 1. The zero-order valence-corrected chi connectivity index (χ0v) is 17.1. The van der Waals surface area contributed by atoms with Gasteiger partial charge in [0.25, 0.3) is 5.91 Å². The van der Waals surface area contributed by atoms with Crippen LogP contribution in [0.1, 0.15) is 21.5 Å². The summed E-state index contributed by atoms with van der Waals surface area (Å²) >= 11 is 0. The van der Waals surface area contributed by atoms with Crippen molar-refractivity contribution >= 4 is 17.3 Å². The van der Waals surface area contributed by atoms with E-state index in [1.165, 1.54) is 11.6 Å². The van der Waals surface area contributed by atoms with Crippen LogP contribution in [-0.4, -0.2) is 37.0 Å². The number of nitrogens with zero attached hydrogens (tertiary/aromatic N) is 2. The van der Waals surface area contributed by atoms with Crippen molar-refractivity contribution in [3.63, 3.8) is 0 Å². The molecule has 0 aromatic heterocycles. The summed E-state index contributed by atoms with van der Waals surface area (Å²) in [7, 11) is 0. The second kappa shape index (κ2) is 9.09. The lowest BCUT2D eigenvalue weighted by atomic mass is 10.1. The fourth-order valence-corrected chi connectivity index (χ4v) is 3.70. The second-order valence-corrected chi connectivity index (χ2v) is 7.71. The van der Waals surface area contributed by atoms with Crippen LogP contribution in [0.2, 0.25) is 0 Å². The van der Waals surface area contributed by atoms with E-state index in [1.54, 1.807) is 19.1 Å². The third-order valence-corrected chi connectivity index (χ3v) is 5.55. The Kier molecular flexibility index (Phi) is 6.10. The Bertz CT molecular complexity index is 997. The SMILES string of the molecule is Cc1ccc(C(=O)Nc2ccc(N3CCN(Cc4ccccc4)CC3)cc2)cc1F. The van der Waals surface area contributed by atoms with E-state index in [9.17, 15) is 9.18 Å². The predicted octanol–water partition coefficient (Wildman–Crippen LogP) is 4.71. The number of anilines is 2. The number of carbonyl (C=O) groups is 1. The molecule has 3 aromatic rings. The van der Waals surface area contributed by atoms with Gasteiger partial charge in [0.1, 0.15) is 5.82 Å². The summed E-state index contributed by atoms with van der Waals surface area (Å²) in [6.45, 7) is 6.65. The van der Waals surface area contributed by atoms with Crippen LogP contribution in [-0.2, 0) is 6.54 Å². The highest BCUT2D eigenvalue weighted by Crippen LogP contribution is 2.21. The van der Waals surface area contributed by atoms with Crippen LogP contribution in [0.15, 0.2) is 72.8 Å². The van der Waals surface area contributed by atoms with Gasteiger partial charge in [-0.2, -0.15) is 0 Å². The van der Waals surface area contributed by atoms with E-state index < -0.39 is 0 Å². The molecule has 4 rings (SSSR count). The Morgan fingerprint density at radius 3 is 2.30 bits per heavy atom. The molecule has 1 N–H and O–H groups in total. The number of carbonyl (C=O) groups excluding carboxylic acids is 1. The van der Waals surface area contributed by atoms with E-state index in [4.69, 9.17) is 0 Å². The molecule has 1 heterocycles. The number of halogens is 1. The summed E-state index contributed by atoms with van der Waals surface area (Å²) in [6.07, 6.45) is 0.